The number of nitrogens with one attached hydrogen (secondary N) is 1. The van der Waals surface area contributed by atoms with Crippen LogP contribution in [0.4, 0.5) is 10.1 Å². The van der Waals surface area contributed by atoms with Crippen LogP contribution in [0.15, 0.2) is 41.8 Å². The summed E-state index contributed by atoms with van der Waals surface area (Å²) in [5.41, 5.74) is 0.866. The molecular formula is C13H14FNOS. The van der Waals surface area contributed by atoms with Gasteiger partial charge < -0.3 is 10.4 Å². The summed E-state index contributed by atoms with van der Waals surface area (Å²) < 4.78 is 12.7. The summed E-state index contributed by atoms with van der Waals surface area (Å²) in [6.45, 7) is 0.657. The first-order valence-corrected chi connectivity index (χ1v) is 6.34. The van der Waals surface area contributed by atoms with Crippen LogP contribution >= 0.6 is 11.3 Å². The highest BCUT2D eigenvalue weighted by molar-refractivity contribution is 7.10. The van der Waals surface area contributed by atoms with E-state index in [-0.39, 0.29) is 5.82 Å². The number of anilines is 1. The Balaban J connectivity index is 1.78. The van der Waals surface area contributed by atoms with E-state index in [1.807, 2.05) is 17.5 Å². The molecule has 0 bridgehead atoms. The Morgan fingerprint density at radius 1 is 1.24 bits per heavy atom. The standard InChI is InChI=1S/C13H14FNOS/c14-10-3-5-11(6-4-10)15-8-7-12(16)13-2-1-9-17-13/h1-6,9,12,15-16H,7-8H2. The average molecular weight is 251 g/mol. The maximum absolute atomic E-state index is 12.7. The first-order valence-electron chi connectivity index (χ1n) is 5.46. The lowest BCUT2D eigenvalue weighted by Gasteiger charge is -2.10. The van der Waals surface area contributed by atoms with Crippen LogP contribution in [0.3, 0.4) is 0 Å². The molecule has 0 saturated carbocycles. The van der Waals surface area contributed by atoms with Crippen molar-refractivity contribution in [2.75, 3.05) is 11.9 Å². The fourth-order valence-electron chi connectivity index (χ4n) is 1.54. The van der Waals surface area contributed by atoms with E-state index in [9.17, 15) is 9.50 Å². The molecule has 2 rings (SSSR count). The van der Waals surface area contributed by atoms with Crippen molar-refractivity contribution >= 4 is 17.0 Å². The SMILES string of the molecule is OC(CCNc1ccc(F)cc1)c1cccs1. The molecule has 0 aliphatic rings. The number of aliphatic hydroxyl groups excluding tert-OH is 1. The van der Waals surface area contributed by atoms with E-state index in [1.165, 1.54) is 12.1 Å². The monoisotopic (exact) mass is 251 g/mol. The molecule has 2 N–H and O–H groups in total. The second-order valence-electron chi connectivity index (χ2n) is 3.75. The van der Waals surface area contributed by atoms with Gasteiger partial charge in [0.1, 0.15) is 5.82 Å². The fourth-order valence-corrected chi connectivity index (χ4v) is 2.29. The van der Waals surface area contributed by atoms with E-state index in [0.717, 1.165) is 10.6 Å². The van der Waals surface area contributed by atoms with Gasteiger partial charge in [0.2, 0.25) is 0 Å². The molecule has 1 heterocycles. The predicted octanol–water partition coefficient (Wildman–Crippen LogP) is 3.42. The van der Waals surface area contributed by atoms with Crippen molar-refractivity contribution in [2.24, 2.45) is 0 Å². The van der Waals surface area contributed by atoms with Gasteiger partial charge in [-0.25, -0.2) is 4.39 Å². The third-order valence-electron chi connectivity index (χ3n) is 2.46. The van der Waals surface area contributed by atoms with Crippen molar-refractivity contribution in [3.05, 3.63) is 52.5 Å². The number of thiophene rings is 1. The van der Waals surface area contributed by atoms with Gasteiger partial charge in [-0.15, -0.1) is 11.3 Å². The zero-order valence-electron chi connectivity index (χ0n) is 9.27. The molecule has 1 aromatic heterocycles. The van der Waals surface area contributed by atoms with Crippen LogP contribution in [0.5, 0.6) is 0 Å². The minimum atomic E-state index is -0.428. The molecule has 0 saturated heterocycles. The zero-order valence-corrected chi connectivity index (χ0v) is 10.1. The van der Waals surface area contributed by atoms with Crippen LogP contribution in [-0.4, -0.2) is 11.7 Å². The summed E-state index contributed by atoms with van der Waals surface area (Å²) in [5.74, 6) is -0.242. The van der Waals surface area contributed by atoms with E-state index in [2.05, 4.69) is 5.32 Å². The Labute approximate surface area is 104 Å². The van der Waals surface area contributed by atoms with Gasteiger partial charge in [-0.1, -0.05) is 6.07 Å². The molecule has 0 radical (unpaired) electrons. The van der Waals surface area contributed by atoms with E-state index < -0.39 is 6.10 Å². The van der Waals surface area contributed by atoms with Gasteiger partial charge in [-0.3, -0.25) is 0 Å². The Hall–Kier alpha value is -1.39. The molecule has 0 aliphatic carbocycles. The molecule has 0 spiro atoms. The molecule has 0 aliphatic heterocycles. The second kappa shape index (κ2) is 5.80. The minimum Gasteiger partial charge on any atom is -0.388 e. The van der Waals surface area contributed by atoms with E-state index in [0.29, 0.717) is 13.0 Å². The van der Waals surface area contributed by atoms with Gasteiger partial charge in [0.15, 0.2) is 0 Å². The first kappa shape index (κ1) is 12.1. The molecule has 1 atom stereocenters. The summed E-state index contributed by atoms with van der Waals surface area (Å²) in [4.78, 5) is 0.978. The predicted molar refractivity (Wildman–Crippen MR) is 68.8 cm³/mol. The number of hydrogen-bond donors (Lipinski definition) is 2. The van der Waals surface area contributed by atoms with Crippen LogP contribution in [0.1, 0.15) is 17.4 Å². The number of halogens is 1. The van der Waals surface area contributed by atoms with Gasteiger partial charge in [-0.2, -0.15) is 0 Å². The Morgan fingerprint density at radius 2 is 2.00 bits per heavy atom. The van der Waals surface area contributed by atoms with Crippen molar-refractivity contribution in [3.63, 3.8) is 0 Å². The number of rotatable bonds is 5. The molecule has 90 valence electrons. The molecule has 2 nitrogen and oxygen atoms in total. The topological polar surface area (TPSA) is 32.3 Å². The van der Waals surface area contributed by atoms with Crippen LogP contribution in [0.25, 0.3) is 0 Å². The number of hydrogen-bond acceptors (Lipinski definition) is 3. The van der Waals surface area contributed by atoms with Crippen molar-refractivity contribution in [2.45, 2.75) is 12.5 Å². The zero-order chi connectivity index (χ0) is 12.1. The largest absolute Gasteiger partial charge is 0.388 e. The Kier molecular flexibility index (Phi) is 4.12. The minimum absolute atomic E-state index is 0.242. The first-order chi connectivity index (χ1) is 8.25. The molecule has 1 aromatic carbocycles. The lowest BCUT2D eigenvalue weighted by atomic mass is 10.2. The quantitative estimate of drug-likeness (QED) is 0.853. The van der Waals surface area contributed by atoms with Crippen molar-refractivity contribution in [1.82, 2.24) is 0 Å². The lowest BCUT2D eigenvalue weighted by molar-refractivity contribution is 0.175. The summed E-state index contributed by atoms with van der Waals surface area (Å²) in [6, 6.07) is 10.1. The number of aliphatic hydroxyl groups is 1. The third kappa shape index (κ3) is 3.54. The highest BCUT2D eigenvalue weighted by Crippen LogP contribution is 2.21. The molecule has 0 fully saturated rings. The van der Waals surface area contributed by atoms with E-state index in [4.69, 9.17) is 0 Å². The molecular weight excluding hydrogens is 237 g/mol. The fraction of sp³-hybridized carbons (Fsp3) is 0.231. The highest BCUT2D eigenvalue weighted by Gasteiger charge is 2.07. The highest BCUT2D eigenvalue weighted by atomic mass is 32.1. The Bertz CT molecular complexity index is 441. The van der Waals surface area contributed by atoms with Gasteiger partial charge >= 0.3 is 0 Å². The van der Waals surface area contributed by atoms with Crippen LogP contribution in [0.2, 0.25) is 0 Å². The van der Waals surface area contributed by atoms with Gasteiger partial charge in [0, 0.05) is 17.1 Å². The van der Waals surface area contributed by atoms with Crippen LogP contribution < -0.4 is 5.32 Å². The van der Waals surface area contributed by atoms with Gasteiger partial charge in [0.05, 0.1) is 6.10 Å². The van der Waals surface area contributed by atoms with Gasteiger partial charge in [0.25, 0.3) is 0 Å². The van der Waals surface area contributed by atoms with Crippen LogP contribution in [-0.2, 0) is 0 Å². The summed E-state index contributed by atoms with van der Waals surface area (Å²) in [6.07, 6.45) is 0.209. The maximum Gasteiger partial charge on any atom is 0.123 e. The van der Waals surface area contributed by atoms with E-state index >= 15 is 0 Å². The smallest absolute Gasteiger partial charge is 0.123 e. The molecule has 0 amide bonds. The van der Waals surface area contributed by atoms with Crippen molar-refractivity contribution in [1.29, 1.82) is 0 Å². The lowest BCUT2D eigenvalue weighted by Crippen LogP contribution is -2.06. The molecule has 2 aromatic rings. The molecule has 1 unspecified atom stereocenters. The molecule has 4 heteroatoms. The summed E-state index contributed by atoms with van der Waals surface area (Å²) in [5, 5.41) is 14.9. The third-order valence-corrected chi connectivity index (χ3v) is 3.44. The summed E-state index contributed by atoms with van der Waals surface area (Å²) in [7, 11) is 0. The van der Waals surface area contributed by atoms with Crippen LogP contribution in [0, 0.1) is 5.82 Å². The normalized spacial score (nSPS) is 12.4. The van der Waals surface area contributed by atoms with Crippen molar-refractivity contribution < 1.29 is 9.50 Å². The maximum atomic E-state index is 12.7. The molecule has 17 heavy (non-hydrogen) atoms. The average Bonchev–Trinajstić information content (AvgIpc) is 2.85. The van der Waals surface area contributed by atoms with Gasteiger partial charge in [-0.05, 0) is 42.1 Å². The van der Waals surface area contributed by atoms with Crippen molar-refractivity contribution in [3.8, 4) is 0 Å². The number of benzene rings is 1. The van der Waals surface area contributed by atoms with E-state index in [1.54, 1.807) is 23.5 Å². The summed E-state index contributed by atoms with van der Waals surface area (Å²) >= 11 is 1.55. The Morgan fingerprint density at radius 3 is 2.65 bits per heavy atom. The second-order valence-corrected chi connectivity index (χ2v) is 4.73.